The summed E-state index contributed by atoms with van der Waals surface area (Å²) in [6.07, 6.45) is 1.86. The van der Waals surface area contributed by atoms with Crippen molar-refractivity contribution in [3.05, 3.63) is 29.8 Å². The highest BCUT2D eigenvalue weighted by Crippen LogP contribution is 2.58. The van der Waals surface area contributed by atoms with Gasteiger partial charge in [-0.2, -0.15) is 5.26 Å². The molecule has 2 aliphatic rings. The lowest BCUT2D eigenvalue weighted by Gasteiger charge is -2.57. The molecule has 0 radical (unpaired) electrons. The predicted molar refractivity (Wildman–Crippen MR) is 60.6 cm³/mol. The van der Waals surface area contributed by atoms with Crippen molar-refractivity contribution in [1.82, 2.24) is 0 Å². The molecule has 16 heavy (non-hydrogen) atoms. The molecule has 1 aliphatic heterocycles. The summed E-state index contributed by atoms with van der Waals surface area (Å²) in [7, 11) is 0. The third-order valence-corrected chi connectivity index (χ3v) is 3.85. The van der Waals surface area contributed by atoms with E-state index in [0.29, 0.717) is 5.41 Å². The average Bonchev–Trinajstić information content (AvgIpc) is 2.17. The van der Waals surface area contributed by atoms with Gasteiger partial charge in [0.1, 0.15) is 0 Å². The molecule has 82 valence electrons. The number of hydrogen-bond acceptors (Lipinski definition) is 3. The second kappa shape index (κ2) is 2.99. The Morgan fingerprint density at radius 1 is 1.19 bits per heavy atom. The number of hydrogen-bond donors (Lipinski definition) is 1. The van der Waals surface area contributed by atoms with Gasteiger partial charge in [0.25, 0.3) is 0 Å². The van der Waals surface area contributed by atoms with Crippen LogP contribution in [-0.2, 0) is 10.2 Å². The number of nitrogen functional groups attached to an aromatic ring is 1. The predicted octanol–water partition coefficient (Wildman–Crippen LogP) is 1.84. The molecule has 3 nitrogen and oxygen atoms in total. The molecule has 0 unspecified atom stereocenters. The molecule has 0 amide bonds. The van der Waals surface area contributed by atoms with Gasteiger partial charge in [0.2, 0.25) is 0 Å². The Morgan fingerprint density at radius 2 is 1.81 bits per heavy atom. The molecule has 0 aromatic heterocycles. The molecule has 2 fully saturated rings. The maximum absolute atomic E-state index is 9.39. The van der Waals surface area contributed by atoms with Gasteiger partial charge in [-0.25, -0.2) is 0 Å². The number of anilines is 1. The Hall–Kier alpha value is -1.53. The fourth-order valence-corrected chi connectivity index (χ4v) is 2.97. The summed E-state index contributed by atoms with van der Waals surface area (Å²) in [5.41, 5.74) is 7.51. The smallest absolute Gasteiger partial charge is 0.0836 e. The summed E-state index contributed by atoms with van der Waals surface area (Å²) in [4.78, 5) is 0. The zero-order valence-electron chi connectivity index (χ0n) is 9.07. The molecule has 1 heterocycles. The van der Waals surface area contributed by atoms with Crippen molar-refractivity contribution >= 4 is 5.69 Å². The lowest BCUT2D eigenvalue weighted by Crippen LogP contribution is -2.59. The normalized spacial score (nSPS) is 24.2. The molecule has 1 aliphatic carbocycles. The first-order valence-electron chi connectivity index (χ1n) is 5.53. The molecule has 1 spiro atoms. The zero-order chi connectivity index (χ0) is 11.2. The second-order valence-electron chi connectivity index (χ2n) is 5.16. The maximum atomic E-state index is 9.39. The van der Waals surface area contributed by atoms with E-state index in [1.807, 2.05) is 24.3 Å². The van der Waals surface area contributed by atoms with E-state index >= 15 is 0 Å². The Balaban J connectivity index is 1.87. The van der Waals surface area contributed by atoms with Gasteiger partial charge in [0.15, 0.2) is 0 Å². The van der Waals surface area contributed by atoms with Gasteiger partial charge in [-0.05, 0) is 30.5 Å². The van der Waals surface area contributed by atoms with Crippen molar-refractivity contribution in [3.8, 4) is 6.07 Å². The van der Waals surface area contributed by atoms with Crippen LogP contribution in [0.1, 0.15) is 18.4 Å². The van der Waals surface area contributed by atoms with Gasteiger partial charge in [-0.15, -0.1) is 0 Å². The van der Waals surface area contributed by atoms with E-state index in [0.717, 1.165) is 37.3 Å². The number of benzene rings is 1. The largest absolute Gasteiger partial charge is 0.399 e. The number of rotatable bonds is 1. The number of nitrogens with two attached hydrogens (primary N) is 1. The van der Waals surface area contributed by atoms with Gasteiger partial charge in [0, 0.05) is 11.1 Å². The monoisotopic (exact) mass is 214 g/mol. The van der Waals surface area contributed by atoms with Crippen LogP contribution in [0.4, 0.5) is 5.69 Å². The molecule has 1 saturated carbocycles. The SMILES string of the molecule is N#CC1(c2ccc(N)cc2)CC2(COC2)C1. The van der Waals surface area contributed by atoms with Crippen LogP contribution in [0.25, 0.3) is 0 Å². The topological polar surface area (TPSA) is 59.0 Å². The molecule has 3 heteroatoms. The minimum absolute atomic E-state index is 0.294. The van der Waals surface area contributed by atoms with Crippen molar-refractivity contribution < 1.29 is 4.74 Å². The van der Waals surface area contributed by atoms with E-state index < -0.39 is 0 Å². The van der Waals surface area contributed by atoms with E-state index in [2.05, 4.69) is 6.07 Å². The number of nitrogens with zero attached hydrogens (tertiary/aromatic N) is 1. The van der Waals surface area contributed by atoms with Crippen LogP contribution in [-0.4, -0.2) is 13.2 Å². The average molecular weight is 214 g/mol. The summed E-state index contributed by atoms with van der Waals surface area (Å²) >= 11 is 0. The maximum Gasteiger partial charge on any atom is 0.0836 e. The summed E-state index contributed by atoms with van der Waals surface area (Å²) in [6, 6.07) is 10.2. The van der Waals surface area contributed by atoms with E-state index in [-0.39, 0.29) is 5.41 Å². The second-order valence-corrected chi connectivity index (χ2v) is 5.16. The molecule has 1 aromatic carbocycles. The molecule has 3 rings (SSSR count). The molecule has 0 atom stereocenters. The van der Waals surface area contributed by atoms with E-state index in [9.17, 15) is 5.26 Å². The van der Waals surface area contributed by atoms with Crippen LogP contribution >= 0.6 is 0 Å². The summed E-state index contributed by atoms with van der Waals surface area (Å²) in [6.45, 7) is 1.65. The number of ether oxygens (including phenoxy) is 1. The Bertz CT molecular complexity index is 446. The van der Waals surface area contributed by atoms with Crippen LogP contribution in [0.2, 0.25) is 0 Å². The molecule has 1 aromatic rings. The van der Waals surface area contributed by atoms with Crippen LogP contribution in [0.3, 0.4) is 0 Å². The quantitative estimate of drug-likeness (QED) is 0.726. The van der Waals surface area contributed by atoms with Crippen molar-refractivity contribution in [3.63, 3.8) is 0 Å². The first kappa shape index (κ1) is 9.68. The van der Waals surface area contributed by atoms with Gasteiger partial charge in [-0.3, -0.25) is 0 Å². The highest BCUT2D eigenvalue weighted by atomic mass is 16.5. The molecular weight excluding hydrogens is 200 g/mol. The summed E-state index contributed by atoms with van der Waals surface area (Å²) < 4.78 is 5.24. The minimum Gasteiger partial charge on any atom is -0.399 e. The highest BCUT2D eigenvalue weighted by Gasteiger charge is 2.59. The molecular formula is C13H14N2O. The third-order valence-electron chi connectivity index (χ3n) is 3.85. The molecule has 0 bridgehead atoms. The Labute approximate surface area is 94.8 Å². The zero-order valence-corrected chi connectivity index (χ0v) is 9.07. The molecule has 1 saturated heterocycles. The van der Waals surface area contributed by atoms with Crippen LogP contribution < -0.4 is 5.73 Å². The Kier molecular flexibility index (Phi) is 1.81. The van der Waals surface area contributed by atoms with Gasteiger partial charge >= 0.3 is 0 Å². The lowest BCUT2D eigenvalue weighted by molar-refractivity contribution is -0.178. The van der Waals surface area contributed by atoms with Crippen LogP contribution in [0.5, 0.6) is 0 Å². The van der Waals surface area contributed by atoms with Gasteiger partial charge in [-0.1, -0.05) is 12.1 Å². The van der Waals surface area contributed by atoms with E-state index in [1.54, 1.807) is 0 Å². The summed E-state index contributed by atoms with van der Waals surface area (Å²) in [5, 5.41) is 9.39. The van der Waals surface area contributed by atoms with E-state index in [1.165, 1.54) is 0 Å². The van der Waals surface area contributed by atoms with Crippen molar-refractivity contribution in [2.45, 2.75) is 18.3 Å². The van der Waals surface area contributed by atoms with Gasteiger partial charge < -0.3 is 10.5 Å². The van der Waals surface area contributed by atoms with E-state index in [4.69, 9.17) is 10.5 Å². The fourth-order valence-electron chi connectivity index (χ4n) is 2.97. The van der Waals surface area contributed by atoms with Crippen molar-refractivity contribution in [2.75, 3.05) is 18.9 Å². The molecule has 2 N–H and O–H groups in total. The van der Waals surface area contributed by atoms with Crippen molar-refractivity contribution in [2.24, 2.45) is 5.41 Å². The van der Waals surface area contributed by atoms with Crippen LogP contribution in [0.15, 0.2) is 24.3 Å². The fraction of sp³-hybridized carbons (Fsp3) is 0.462. The standard InChI is InChI=1S/C13H14N2O/c14-7-13(5-12(6-13)8-16-9-12)10-1-3-11(15)4-2-10/h1-4H,5-6,8-9,15H2. The Morgan fingerprint density at radius 3 is 2.25 bits per heavy atom. The third kappa shape index (κ3) is 1.17. The summed E-state index contributed by atoms with van der Waals surface area (Å²) in [5.74, 6) is 0. The minimum atomic E-state index is -0.294. The first-order valence-corrected chi connectivity index (χ1v) is 5.53. The first-order chi connectivity index (χ1) is 7.68. The lowest BCUT2D eigenvalue weighted by atomic mass is 9.50. The number of nitriles is 1. The highest BCUT2D eigenvalue weighted by molar-refractivity contribution is 5.45. The van der Waals surface area contributed by atoms with Gasteiger partial charge in [0.05, 0.1) is 24.7 Å². The van der Waals surface area contributed by atoms with Crippen molar-refractivity contribution in [1.29, 1.82) is 5.26 Å². The van der Waals surface area contributed by atoms with Crippen LogP contribution in [0, 0.1) is 16.7 Å².